The van der Waals surface area contributed by atoms with Crippen molar-refractivity contribution in [1.82, 2.24) is 14.5 Å². The van der Waals surface area contributed by atoms with E-state index in [1.165, 1.54) is 17.3 Å². The van der Waals surface area contributed by atoms with Crippen molar-refractivity contribution in [3.05, 3.63) is 70.5 Å². The van der Waals surface area contributed by atoms with E-state index < -0.39 is 0 Å². The van der Waals surface area contributed by atoms with Crippen LogP contribution in [0.3, 0.4) is 0 Å². The molecular formula is C26H31N3O3S. The van der Waals surface area contributed by atoms with Gasteiger partial charge in [0.1, 0.15) is 0 Å². The van der Waals surface area contributed by atoms with E-state index in [0.717, 1.165) is 32.4 Å². The lowest BCUT2D eigenvalue weighted by Gasteiger charge is -2.33. The highest BCUT2D eigenvalue weighted by Crippen LogP contribution is 2.27. The largest absolute Gasteiger partial charge is 0.396 e. The van der Waals surface area contributed by atoms with E-state index in [9.17, 15) is 14.7 Å². The molecule has 2 aromatic carbocycles. The quantitative estimate of drug-likeness (QED) is 0.405. The van der Waals surface area contributed by atoms with E-state index in [1.807, 2.05) is 36.1 Å². The van der Waals surface area contributed by atoms with Gasteiger partial charge in [0.15, 0.2) is 5.16 Å². The van der Waals surface area contributed by atoms with Gasteiger partial charge in [-0.25, -0.2) is 4.98 Å². The van der Waals surface area contributed by atoms with Crippen LogP contribution >= 0.6 is 11.8 Å². The number of aromatic nitrogens is 2. The smallest absolute Gasteiger partial charge is 0.262 e. The Morgan fingerprint density at radius 1 is 1.12 bits per heavy atom. The molecule has 174 valence electrons. The minimum Gasteiger partial charge on any atom is -0.396 e. The van der Waals surface area contributed by atoms with Crippen LogP contribution in [0.15, 0.2) is 64.5 Å². The predicted molar refractivity (Wildman–Crippen MR) is 132 cm³/mol. The highest BCUT2D eigenvalue weighted by Gasteiger charge is 2.28. The molecule has 1 unspecified atom stereocenters. The minimum absolute atomic E-state index is 0.00418. The third kappa shape index (κ3) is 5.65. The fourth-order valence-corrected chi connectivity index (χ4v) is 5.45. The zero-order chi connectivity index (χ0) is 23.2. The molecule has 1 N–H and O–H groups in total. The van der Waals surface area contributed by atoms with E-state index in [4.69, 9.17) is 0 Å². The van der Waals surface area contributed by atoms with Gasteiger partial charge >= 0.3 is 0 Å². The first-order valence-corrected chi connectivity index (χ1v) is 12.5. The van der Waals surface area contributed by atoms with Gasteiger partial charge in [-0.15, -0.1) is 0 Å². The number of nitrogens with zero attached hydrogens (tertiary/aromatic N) is 3. The molecule has 33 heavy (non-hydrogen) atoms. The van der Waals surface area contributed by atoms with Gasteiger partial charge < -0.3 is 10.0 Å². The minimum atomic E-state index is -0.343. The maximum atomic E-state index is 13.2. The van der Waals surface area contributed by atoms with Crippen molar-refractivity contribution in [1.29, 1.82) is 0 Å². The molecule has 0 saturated carbocycles. The van der Waals surface area contributed by atoms with E-state index in [-0.39, 0.29) is 23.3 Å². The first-order chi connectivity index (χ1) is 16.1. The first-order valence-electron chi connectivity index (χ1n) is 11.7. The number of likely N-dealkylation sites (tertiary alicyclic amines) is 1. The Kier molecular flexibility index (Phi) is 7.83. The Bertz CT molecular complexity index is 1140. The molecule has 1 amide bonds. The highest BCUT2D eigenvalue weighted by atomic mass is 32.2. The lowest BCUT2D eigenvalue weighted by Crippen LogP contribution is -2.42. The standard InChI is InChI=1S/C26H31N3O3S/c1-19(24(31)28-15-12-21(13-16-28)18-20-8-3-2-4-9-20)33-26-27-23-11-6-5-10-22(23)25(32)29(26)14-7-17-30/h2-6,8-11,19,21,30H,7,12-18H2,1H3. The molecule has 0 bridgehead atoms. The summed E-state index contributed by atoms with van der Waals surface area (Å²) in [6, 6.07) is 17.8. The Labute approximate surface area is 198 Å². The lowest BCUT2D eigenvalue weighted by molar-refractivity contribution is -0.131. The van der Waals surface area contributed by atoms with Crippen LogP contribution in [0.2, 0.25) is 0 Å². The first kappa shape index (κ1) is 23.5. The zero-order valence-electron chi connectivity index (χ0n) is 19.0. The van der Waals surface area contributed by atoms with Gasteiger partial charge in [-0.05, 0) is 56.2 Å². The molecule has 0 radical (unpaired) electrons. The fourth-order valence-electron chi connectivity index (χ4n) is 4.43. The number of rotatable bonds is 8. The normalized spacial score (nSPS) is 15.6. The molecule has 2 heterocycles. The van der Waals surface area contributed by atoms with Gasteiger partial charge in [0.25, 0.3) is 5.56 Å². The number of thioether (sulfide) groups is 1. The number of aliphatic hydroxyl groups excluding tert-OH is 1. The average Bonchev–Trinajstić information content (AvgIpc) is 2.84. The highest BCUT2D eigenvalue weighted by molar-refractivity contribution is 8.00. The van der Waals surface area contributed by atoms with E-state index in [1.54, 1.807) is 10.6 Å². The van der Waals surface area contributed by atoms with E-state index in [0.29, 0.717) is 34.9 Å². The number of amides is 1. The summed E-state index contributed by atoms with van der Waals surface area (Å²) in [5.74, 6) is 0.694. The molecule has 0 aliphatic carbocycles. The van der Waals surface area contributed by atoms with Gasteiger partial charge in [0.05, 0.1) is 16.2 Å². The van der Waals surface area contributed by atoms with E-state index >= 15 is 0 Å². The molecule has 7 heteroatoms. The second-order valence-electron chi connectivity index (χ2n) is 8.66. The van der Waals surface area contributed by atoms with Gasteiger partial charge in [0.2, 0.25) is 5.91 Å². The summed E-state index contributed by atoms with van der Waals surface area (Å²) < 4.78 is 1.60. The summed E-state index contributed by atoms with van der Waals surface area (Å²) >= 11 is 1.33. The van der Waals surface area contributed by atoms with Crippen LogP contribution in [-0.4, -0.2) is 50.4 Å². The molecule has 1 aliphatic heterocycles. The molecule has 3 aromatic rings. The van der Waals surface area contributed by atoms with Crippen molar-refractivity contribution >= 4 is 28.6 Å². The van der Waals surface area contributed by atoms with Crippen molar-refractivity contribution in [2.45, 2.75) is 49.6 Å². The molecule has 1 atom stereocenters. The molecule has 1 aromatic heterocycles. The summed E-state index contributed by atoms with van der Waals surface area (Å²) in [4.78, 5) is 32.9. The summed E-state index contributed by atoms with van der Waals surface area (Å²) in [6.45, 7) is 3.80. The van der Waals surface area contributed by atoms with Gasteiger partial charge in [-0.2, -0.15) is 0 Å². The zero-order valence-corrected chi connectivity index (χ0v) is 19.8. The number of benzene rings is 2. The summed E-state index contributed by atoms with van der Waals surface area (Å²) in [7, 11) is 0. The van der Waals surface area contributed by atoms with Gasteiger partial charge in [0, 0.05) is 26.2 Å². The van der Waals surface area contributed by atoms with Crippen LogP contribution in [0.1, 0.15) is 31.7 Å². The van der Waals surface area contributed by atoms with Crippen molar-refractivity contribution in [3.63, 3.8) is 0 Å². The van der Waals surface area contributed by atoms with Crippen LogP contribution in [0.25, 0.3) is 10.9 Å². The number of carbonyl (C=O) groups excluding carboxylic acids is 1. The molecule has 1 aliphatic rings. The maximum Gasteiger partial charge on any atom is 0.262 e. The number of aliphatic hydroxyl groups is 1. The molecule has 1 saturated heterocycles. The SMILES string of the molecule is CC(Sc1nc2ccccc2c(=O)n1CCCO)C(=O)N1CCC(Cc2ccccc2)CC1. The average molecular weight is 466 g/mol. The number of para-hydroxylation sites is 1. The second kappa shape index (κ2) is 11.0. The Morgan fingerprint density at radius 3 is 2.55 bits per heavy atom. The summed E-state index contributed by atoms with van der Waals surface area (Å²) in [5.41, 5.74) is 1.86. The fraction of sp³-hybridized carbons (Fsp3) is 0.423. The summed E-state index contributed by atoms with van der Waals surface area (Å²) in [5, 5.41) is 10.0. The number of fused-ring (bicyclic) bond motifs is 1. The molecule has 4 rings (SSSR count). The van der Waals surface area contributed by atoms with Crippen molar-refractivity contribution in [2.75, 3.05) is 19.7 Å². The second-order valence-corrected chi connectivity index (χ2v) is 9.97. The van der Waals surface area contributed by atoms with Crippen LogP contribution < -0.4 is 5.56 Å². The maximum absolute atomic E-state index is 13.2. The van der Waals surface area contributed by atoms with Crippen LogP contribution in [0, 0.1) is 5.92 Å². The Hall–Kier alpha value is -2.64. The van der Waals surface area contributed by atoms with Gasteiger partial charge in [-0.3, -0.25) is 14.2 Å². The van der Waals surface area contributed by atoms with Crippen LogP contribution in [-0.2, 0) is 17.8 Å². The molecule has 1 fully saturated rings. The van der Waals surface area contributed by atoms with Crippen molar-refractivity contribution < 1.29 is 9.90 Å². The van der Waals surface area contributed by atoms with Crippen molar-refractivity contribution in [3.8, 4) is 0 Å². The van der Waals surface area contributed by atoms with Gasteiger partial charge in [-0.1, -0.05) is 54.2 Å². The van der Waals surface area contributed by atoms with Crippen LogP contribution in [0.5, 0.6) is 0 Å². The Morgan fingerprint density at radius 2 is 1.82 bits per heavy atom. The number of piperidine rings is 1. The molecular weight excluding hydrogens is 434 g/mol. The monoisotopic (exact) mass is 465 g/mol. The predicted octanol–water partition coefficient (Wildman–Crippen LogP) is 3.74. The summed E-state index contributed by atoms with van der Waals surface area (Å²) in [6.07, 6.45) is 3.54. The Balaban J connectivity index is 1.43. The molecule has 0 spiro atoms. The third-order valence-corrected chi connectivity index (χ3v) is 7.37. The number of carbonyl (C=O) groups is 1. The third-order valence-electron chi connectivity index (χ3n) is 6.29. The topological polar surface area (TPSA) is 75.4 Å². The van der Waals surface area contributed by atoms with Crippen molar-refractivity contribution in [2.24, 2.45) is 5.92 Å². The number of hydrogen-bond donors (Lipinski definition) is 1. The van der Waals surface area contributed by atoms with Crippen LogP contribution in [0.4, 0.5) is 0 Å². The lowest BCUT2D eigenvalue weighted by atomic mass is 9.90. The molecule has 6 nitrogen and oxygen atoms in total. The number of hydrogen-bond acceptors (Lipinski definition) is 5. The van der Waals surface area contributed by atoms with E-state index in [2.05, 4.69) is 29.2 Å².